The predicted molar refractivity (Wildman–Crippen MR) is 157 cm³/mol. The number of hydrogen-bond acceptors (Lipinski definition) is 3. The van der Waals surface area contributed by atoms with E-state index in [1.54, 1.807) is 6.07 Å². The first-order chi connectivity index (χ1) is 19.2. The number of nitro groups is 1. The maximum absolute atomic E-state index is 12.3. The Labute approximate surface area is 222 Å². The number of nitro benzene ring substituents is 1. The quantitative estimate of drug-likeness (QED) is 0.178. The van der Waals surface area contributed by atoms with Crippen LogP contribution >= 0.6 is 0 Å². The average molecular weight is 505 g/mol. The summed E-state index contributed by atoms with van der Waals surface area (Å²) in [7, 11) is 0. The minimum absolute atomic E-state index is 0.0641. The van der Waals surface area contributed by atoms with Crippen molar-refractivity contribution >= 4 is 54.9 Å². The smallest absolute Gasteiger partial charge is 0.277 e. The average Bonchev–Trinajstić information content (AvgIpc) is 3.55. The van der Waals surface area contributed by atoms with Crippen molar-refractivity contribution in [3.05, 3.63) is 131 Å². The summed E-state index contributed by atoms with van der Waals surface area (Å²) >= 11 is 0. The van der Waals surface area contributed by atoms with Crippen molar-refractivity contribution in [2.75, 3.05) is 0 Å². The monoisotopic (exact) mass is 504 g/mol. The molecular weight excluding hydrogens is 484 g/mol. The third-order valence-electron chi connectivity index (χ3n) is 7.66. The van der Waals surface area contributed by atoms with Gasteiger partial charge in [-0.3, -0.25) is 10.1 Å². The zero-order valence-electron chi connectivity index (χ0n) is 20.7. The summed E-state index contributed by atoms with van der Waals surface area (Å²) in [6.07, 6.45) is 0. The molecule has 5 heteroatoms. The molecule has 39 heavy (non-hydrogen) atoms. The van der Waals surface area contributed by atoms with E-state index in [2.05, 4.69) is 40.8 Å². The molecule has 0 fully saturated rings. The maximum atomic E-state index is 12.3. The van der Waals surface area contributed by atoms with Crippen LogP contribution in [0.1, 0.15) is 0 Å². The van der Waals surface area contributed by atoms with Gasteiger partial charge >= 0.3 is 0 Å². The van der Waals surface area contributed by atoms with E-state index < -0.39 is 0 Å². The molecule has 0 amide bonds. The summed E-state index contributed by atoms with van der Waals surface area (Å²) in [4.78, 5) is 12.0. The van der Waals surface area contributed by atoms with Crippen molar-refractivity contribution in [1.29, 1.82) is 0 Å². The van der Waals surface area contributed by atoms with Gasteiger partial charge in [0.05, 0.1) is 21.5 Å². The highest BCUT2D eigenvalue weighted by Crippen LogP contribution is 2.40. The van der Waals surface area contributed by atoms with E-state index in [4.69, 9.17) is 4.42 Å². The van der Waals surface area contributed by atoms with E-state index in [0.29, 0.717) is 5.56 Å². The Morgan fingerprint density at radius 1 is 0.615 bits per heavy atom. The Bertz CT molecular complexity index is 2270. The van der Waals surface area contributed by atoms with Crippen LogP contribution in [0.25, 0.3) is 71.5 Å². The Hall–Kier alpha value is -5.42. The molecule has 184 valence electrons. The molecule has 0 N–H and O–H groups in total. The zero-order valence-corrected chi connectivity index (χ0v) is 20.7. The molecular formula is C34H20N2O3. The number of hydrogen-bond donors (Lipinski definition) is 0. The van der Waals surface area contributed by atoms with Gasteiger partial charge in [0.25, 0.3) is 5.69 Å². The lowest BCUT2D eigenvalue weighted by molar-refractivity contribution is -0.384. The molecule has 0 aliphatic heterocycles. The number of furan rings is 1. The fourth-order valence-corrected chi connectivity index (χ4v) is 5.87. The minimum Gasteiger partial charge on any atom is -0.455 e. The molecule has 5 nitrogen and oxygen atoms in total. The van der Waals surface area contributed by atoms with Crippen molar-refractivity contribution in [2.24, 2.45) is 0 Å². The van der Waals surface area contributed by atoms with Crippen LogP contribution < -0.4 is 0 Å². The van der Waals surface area contributed by atoms with E-state index in [1.165, 1.54) is 0 Å². The summed E-state index contributed by atoms with van der Waals surface area (Å²) < 4.78 is 8.42. The van der Waals surface area contributed by atoms with Crippen LogP contribution in [0.4, 0.5) is 5.69 Å². The summed E-state index contributed by atoms with van der Waals surface area (Å²) in [6.45, 7) is 0. The fraction of sp³-hybridized carbons (Fsp3) is 0. The predicted octanol–water partition coefficient (Wildman–Crippen LogP) is 9.39. The molecule has 0 bridgehead atoms. The molecule has 5 aromatic carbocycles. The van der Waals surface area contributed by atoms with Crippen LogP contribution in [0.2, 0.25) is 0 Å². The van der Waals surface area contributed by atoms with Gasteiger partial charge in [-0.25, -0.2) is 0 Å². The van der Waals surface area contributed by atoms with E-state index in [9.17, 15) is 10.1 Å². The second-order valence-electron chi connectivity index (χ2n) is 9.84. The number of fused-ring (bicyclic) bond motifs is 8. The highest BCUT2D eigenvalue weighted by atomic mass is 16.6. The van der Waals surface area contributed by atoms with Crippen LogP contribution in [0.3, 0.4) is 0 Å². The Morgan fingerprint density at radius 2 is 1.38 bits per heavy atom. The number of nitrogens with zero attached hydrogens (tertiary/aromatic N) is 2. The van der Waals surface area contributed by atoms with Gasteiger partial charge in [0, 0.05) is 33.3 Å². The first-order valence-corrected chi connectivity index (χ1v) is 12.8. The first kappa shape index (κ1) is 21.6. The topological polar surface area (TPSA) is 60.7 Å². The number of benzene rings is 5. The van der Waals surface area contributed by atoms with Crippen molar-refractivity contribution in [2.45, 2.75) is 0 Å². The SMILES string of the molecule is O=[N+]([O-])c1cc(-c2cccc3c2oc2ccccc23)ccc1-c1ccc2c(c1)cc1ccc3ccccc3n12. The van der Waals surface area contributed by atoms with Gasteiger partial charge in [-0.15, -0.1) is 0 Å². The number of para-hydroxylation sites is 3. The van der Waals surface area contributed by atoms with Crippen LogP contribution in [0.5, 0.6) is 0 Å². The van der Waals surface area contributed by atoms with Crippen LogP contribution in [-0.2, 0) is 0 Å². The highest BCUT2D eigenvalue weighted by molar-refractivity contribution is 6.09. The first-order valence-electron chi connectivity index (χ1n) is 12.8. The third kappa shape index (κ3) is 3.20. The number of aromatic nitrogens is 1. The molecule has 0 saturated heterocycles. The Morgan fingerprint density at radius 3 is 2.31 bits per heavy atom. The van der Waals surface area contributed by atoms with Crippen molar-refractivity contribution in [1.82, 2.24) is 4.40 Å². The van der Waals surface area contributed by atoms with Gasteiger partial charge in [0.1, 0.15) is 11.2 Å². The molecule has 0 saturated carbocycles. The van der Waals surface area contributed by atoms with Crippen molar-refractivity contribution in [3.8, 4) is 22.3 Å². The van der Waals surface area contributed by atoms with Crippen LogP contribution in [0, 0.1) is 10.1 Å². The fourth-order valence-electron chi connectivity index (χ4n) is 5.87. The van der Waals surface area contributed by atoms with Gasteiger partial charge in [-0.2, -0.15) is 0 Å². The highest BCUT2D eigenvalue weighted by Gasteiger charge is 2.20. The molecule has 8 aromatic rings. The molecule has 0 aliphatic carbocycles. The van der Waals surface area contributed by atoms with Crippen LogP contribution in [0.15, 0.2) is 126 Å². The van der Waals surface area contributed by atoms with Gasteiger partial charge in [-0.1, -0.05) is 72.8 Å². The van der Waals surface area contributed by atoms with Gasteiger partial charge in [0.2, 0.25) is 0 Å². The summed E-state index contributed by atoms with van der Waals surface area (Å²) in [5.74, 6) is 0. The Kier molecular flexibility index (Phi) is 4.46. The van der Waals surface area contributed by atoms with Crippen LogP contribution in [-0.4, -0.2) is 9.32 Å². The maximum Gasteiger partial charge on any atom is 0.277 e. The van der Waals surface area contributed by atoms with Crippen molar-refractivity contribution < 1.29 is 9.34 Å². The summed E-state index contributed by atoms with van der Waals surface area (Å²) in [5.41, 5.74) is 7.86. The summed E-state index contributed by atoms with van der Waals surface area (Å²) in [5, 5.41) is 16.5. The van der Waals surface area contributed by atoms with Gasteiger partial charge in [0.15, 0.2) is 0 Å². The number of pyridine rings is 1. The van der Waals surface area contributed by atoms with E-state index >= 15 is 0 Å². The molecule has 0 unspecified atom stereocenters. The molecule has 0 radical (unpaired) electrons. The van der Waals surface area contributed by atoms with Gasteiger partial charge in [-0.05, 0) is 59.0 Å². The minimum atomic E-state index is -0.300. The molecule has 3 heterocycles. The van der Waals surface area contributed by atoms with E-state index in [1.807, 2.05) is 78.9 Å². The lowest BCUT2D eigenvalue weighted by Gasteiger charge is -2.08. The Balaban J connectivity index is 1.30. The standard InChI is InChI=1S/C34H20N2O3/c37-36(38)32-20-23(27-8-5-9-29-28-7-2-4-11-33(28)39-34(27)29)13-16-26(32)22-14-17-31-24(18-22)19-25-15-12-21-6-1-3-10-30(21)35(25)31/h1-20H. The molecule has 0 spiro atoms. The molecule has 0 aliphatic rings. The van der Waals surface area contributed by atoms with E-state index in [-0.39, 0.29) is 10.6 Å². The molecule has 0 atom stereocenters. The molecule has 3 aromatic heterocycles. The van der Waals surface area contributed by atoms with Gasteiger partial charge < -0.3 is 8.82 Å². The second kappa shape index (κ2) is 8.04. The van der Waals surface area contributed by atoms with Crippen molar-refractivity contribution in [3.63, 3.8) is 0 Å². The molecule has 8 rings (SSSR count). The largest absolute Gasteiger partial charge is 0.455 e. The van der Waals surface area contributed by atoms with E-state index in [0.717, 1.165) is 66.0 Å². The second-order valence-corrected chi connectivity index (χ2v) is 9.84. The normalized spacial score (nSPS) is 11.8. The lowest BCUT2D eigenvalue weighted by Crippen LogP contribution is -1.93. The number of rotatable bonds is 3. The summed E-state index contributed by atoms with van der Waals surface area (Å²) in [6, 6.07) is 40.0. The third-order valence-corrected chi connectivity index (χ3v) is 7.66. The lowest BCUT2D eigenvalue weighted by atomic mass is 9.96. The zero-order chi connectivity index (χ0) is 26.1.